The molecule has 1 aliphatic rings. The van der Waals surface area contributed by atoms with Gasteiger partial charge in [-0.05, 0) is 37.8 Å². The Labute approximate surface area is 158 Å². The lowest BCUT2D eigenvalue weighted by atomic mass is 10.1. The van der Waals surface area contributed by atoms with Gasteiger partial charge in [-0.3, -0.25) is 5.43 Å². The molecular formula is C21H22N2O4. The minimum absolute atomic E-state index is 0.161. The lowest BCUT2D eigenvalue weighted by molar-refractivity contribution is -0.135. The number of hydrazone groups is 1. The average molecular weight is 366 g/mol. The monoisotopic (exact) mass is 366 g/mol. The van der Waals surface area contributed by atoms with Gasteiger partial charge in [0.15, 0.2) is 5.71 Å². The molecule has 0 saturated heterocycles. The molecule has 0 saturated carbocycles. The van der Waals surface area contributed by atoms with Gasteiger partial charge in [0.1, 0.15) is 0 Å². The Bertz CT molecular complexity index is 818. The number of benzene rings is 2. The zero-order valence-electron chi connectivity index (χ0n) is 15.0. The van der Waals surface area contributed by atoms with E-state index in [-0.39, 0.29) is 5.71 Å². The summed E-state index contributed by atoms with van der Waals surface area (Å²) in [7, 11) is 0. The number of nitrogens with zero attached hydrogens (tertiary/aromatic N) is 1. The molecule has 27 heavy (non-hydrogen) atoms. The Hall–Kier alpha value is -3.15. The van der Waals surface area contributed by atoms with Gasteiger partial charge in [-0.2, -0.15) is 5.10 Å². The maximum Gasteiger partial charge on any atom is 0.359 e. The smallest absolute Gasteiger partial charge is 0.359 e. The molecule has 0 radical (unpaired) electrons. The number of hydrogen-bond donors (Lipinski definition) is 1. The van der Waals surface area contributed by atoms with Crippen LogP contribution in [0, 0.1) is 0 Å². The van der Waals surface area contributed by atoms with Crippen LogP contribution in [0.3, 0.4) is 0 Å². The molecule has 1 heterocycles. The number of anilines is 1. The van der Waals surface area contributed by atoms with Crippen molar-refractivity contribution in [2.75, 3.05) is 18.6 Å². The summed E-state index contributed by atoms with van der Waals surface area (Å²) in [6, 6.07) is 16.0. The largest absolute Gasteiger partial charge is 0.462 e. The van der Waals surface area contributed by atoms with Gasteiger partial charge in [0.2, 0.25) is 0 Å². The zero-order chi connectivity index (χ0) is 18.9. The lowest BCUT2D eigenvalue weighted by Crippen LogP contribution is -2.21. The molecule has 2 aromatic carbocycles. The number of rotatable bonds is 1. The number of para-hydroxylation sites is 1. The van der Waals surface area contributed by atoms with E-state index < -0.39 is 11.9 Å². The van der Waals surface area contributed by atoms with Gasteiger partial charge in [0, 0.05) is 5.56 Å². The number of carbonyl (C=O) groups excluding carboxylic acids is 2. The molecule has 0 spiro atoms. The number of cyclic esters (lactones) is 2. The van der Waals surface area contributed by atoms with Crippen LogP contribution in [-0.2, 0) is 14.3 Å². The quantitative estimate of drug-likeness (QED) is 0.777. The van der Waals surface area contributed by atoms with E-state index in [9.17, 15) is 9.59 Å². The molecule has 0 unspecified atom stereocenters. The molecule has 6 nitrogen and oxygen atoms in total. The normalized spacial score (nSPS) is 18.4. The molecule has 6 heteroatoms. The maximum atomic E-state index is 12.5. The van der Waals surface area contributed by atoms with Crippen molar-refractivity contribution < 1.29 is 19.1 Å². The number of esters is 2. The topological polar surface area (TPSA) is 77.0 Å². The van der Waals surface area contributed by atoms with Crippen molar-refractivity contribution >= 4 is 23.3 Å². The second kappa shape index (κ2) is 9.52. The first kappa shape index (κ1) is 18.6. The highest BCUT2D eigenvalue weighted by atomic mass is 16.5. The Balaban J connectivity index is 1.93. The van der Waals surface area contributed by atoms with Crippen LogP contribution in [0.4, 0.5) is 5.69 Å². The molecule has 0 fully saturated rings. The van der Waals surface area contributed by atoms with Crippen LogP contribution >= 0.6 is 0 Å². The van der Waals surface area contributed by atoms with Gasteiger partial charge >= 0.3 is 11.9 Å². The first-order chi connectivity index (χ1) is 13.3. The standard InChI is InChI=1S/C21H22N2O4/c24-20-17-12-6-7-13-18(17)22-23-19(16-10-4-3-5-11-16)21(25)27-15-9-2-1-8-14-26-20/h3-7,10-13,22H,1-2,8-9,14-15H2/b23-19+. The van der Waals surface area contributed by atoms with E-state index in [1.54, 1.807) is 36.4 Å². The molecule has 140 valence electrons. The summed E-state index contributed by atoms with van der Waals surface area (Å²) in [5.41, 5.74) is 4.47. The molecule has 2 aromatic rings. The number of fused-ring (bicyclic) bond motifs is 1. The highest BCUT2D eigenvalue weighted by molar-refractivity contribution is 6.43. The summed E-state index contributed by atoms with van der Waals surface area (Å²) < 4.78 is 10.7. The second-order valence-electron chi connectivity index (χ2n) is 6.17. The molecule has 0 amide bonds. The predicted octanol–water partition coefficient (Wildman–Crippen LogP) is 3.78. The Morgan fingerprint density at radius 1 is 0.741 bits per heavy atom. The number of ether oxygens (including phenoxy) is 2. The van der Waals surface area contributed by atoms with Crippen LogP contribution in [0.2, 0.25) is 0 Å². The number of nitrogens with one attached hydrogen (secondary N) is 1. The van der Waals surface area contributed by atoms with Crippen LogP contribution in [0.1, 0.15) is 41.6 Å². The van der Waals surface area contributed by atoms with E-state index in [0.29, 0.717) is 30.0 Å². The minimum atomic E-state index is -0.497. The number of hydrogen-bond acceptors (Lipinski definition) is 6. The van der Waals surface area contributed by atoms with Gasteiger partial charge in [-0.25, -0.2) is 9.59 Å². The van der Waals surface area contributed by atoms with Crippen LogP contribution in [0.25, 0.3) is 0 Å². The van der Waals surface area contributed by atoms with E-state index >= 15 is 0 Å². The van der Waals surface area contributed by atoms with Crippen LogP contribution in [-0.4, -0.2) is 30.9 Å². The molecular weight excluding hydrogens is 344 g/mol. The maximum absolute atomic E-state index is 12.5. The zero-order valence-corrected chi connectivity index (χ0v) is 15.0. The highest BCUT2D eigenvalue weighted by Gasteiger charge is 2.18. The Morgan fingerprint density at radius 2 is 1.37 bits per heavy atom. The molecule has 1 N–H and O–H groups in total. The Kier molecular flexibility index (Phi) is 6.57. The fourth-order valence-corrected chi connectivity index (χ4v) is 2.73. The van der Waals surface area contributed by atoms with Gasteiger partial charge in [-0.1, -0.05) is 42.5 Å². The summed E-state index contributed by atoms with van der Waals surface area (Å²) in [5.74, 6) is -0.907. The average Bonchev–Trinajstić information content (AvgIpc) is 2.71. The minimum Gasteiger partial charge on any atom is -0.462 e. The second-order valence-corrected chi connectivity index (χ2v) is 6.17. The van der Waals surface area contributed by atoms with E-state index in [1.165, 1.54) is 0 Å². The van der Waals surface area contributed by atoms with E-state index in [4.69, 9.17) is 9.47 Å². The van der Waals surface area contributed by atoms with Crippen LogP contribution in [0.5, 0.6) is 0 Å². The van der Waals surface area contributed by atoms with Crippen molar-refractivity contribution in [3.05, 3.63) is 65.7 Å². The lowest BCUT2D eigenvalue weighted by Gasteiger charge is -2.10. The summed E-state index contributed by atoms with van der Waals surface area (Å²) in [6.07, 6.45) is 3.35. The fourth-order valence-electron chi connectivity index (χ4n) is 2.73. The first-order valence-corrected chi connectivity index (χ1v) is 9.08. The van der Waals surface area contributed by atoms with Gasteiger partial charge in [0.05, 0.1) is 24.5 Å². The third kappa shape index (κ3) is 5.17. The molecule has 0 atom stereocenters. The van der Waals surface area contributed by atoms with Crippen molar-refractivity contribution in [2.24, 2.45) is 5.10 Å². The summed E-state index contributed by atoms with van der Waals surface area (Å²) in [5, 5.41) is 4.25. The van der Waals surface area contributed by atoms with E-state index in [1.807, 2.05) is 18.2 Å². The summed E-state index contributed by atoms with van der Waals surface area (Å²) in [4.78, 5) is 24.9. The molecule has 1 aliphatic heterocycles. The van der Waals surface area contributed by atoms with E-state index in [0.717, 1.165) is 25.7 Å². The third-order valence-corrected chi connectivity index (χ3v) is 4.18. The third-order valence-electron chi connectivity index (χ3n) is 4.18. The van der Waals surface area contributed by atoms with Crippen LogP contribution < -0.4 is 5.43 Å². The fraction of sp³-hybridized carbons (Fsp3) is 0.286. The predicted molar refractivity (Wildman–Crippen MR) is 103 cm³/mol. The molecule has 3 rings (SSSR count). The van der Waals surface area contributed by atoms with Crippen molar-refractivity contribution in [3.8, 4) is 0 Å². The molecule has 0 aromatic heterocycles. The summed E-state index contributed by atoms with van der Waals surface area (Å²) in [6.45, 7) is 0.701. The van der Waals surface area contributed by atoms with Gasteiger partial charge in [-0.15, -0.1) is 0 Å². The molecule has 0 bridgehead atoms. The van der Waals surface area contributed by atoms with E-state index in [2.05, 4.69) is 10.5 Å². The summed E-state index contributed by atoms with van der Waals surface area (Å²) >= 11 is 0. The highest BCUT2D eigenvalue weighted by Crippen LogP contribution is 2.17. The molecule has 0 aliphatic carbocycles. The van der Waals surface area contributed by atoms with Crippen molar-refractivity contribution in [1.82, 2.24) is 0 Å². The van der Waals surface area contributed by atoms with Gasteiger partial charge in [0.25, 0.3) is 0 Å². The first-order valence-electron chi connectivity index (χ1n) is 9.08. The van der Waals surface area contributed by atoms with Crippen LogP contribution in [0.15, 0.2) is 59.7 Å². The SMILES string of the molecule is O=C1OCCCCCCOC(=O)c2ccccc2N/N=C/1c1ccccc1. The van der Waals surface area contributed by atoms with Crippen molar-refractivity contribution in [1.29, 1.82) is 0 Å². The van der Waals surface area contributed by atoms with Crippen molar-refractivity contribution in [2.45, 2.75) is 25.7 Å². The number of carbonyl (C=O) groups is 2. The Morgan fingerprint density at radius 3 is 2.11 bits per heavy atom. The van der Waals surface area contributed by atoms with Gasteiger partial charge < -0.3 is 9.47 Å². The van der Waals surface area contributed by atoms with Crippen molar-refractivity contribution in [3.63, 3.8) is 0 Å².